The van der Waals surface area contributed by atoms with Gasteiger partial charge in [0.05, 0.1) is 0 Å². The maximum Gasteiger partial charge on any atom is 0.00103 e. The fourth-order valence-electron chi connectivity index (χ4n) is 2.55. The molecule has 0 aromatic heterocycles. The van der Waals surface area contributed by atoms with Gasteiger partial charge in [0.1, 0.15) is 0 Å². The number of rotatable bonds is 5. The van der Waals surface area contributed by atoms with Crippen molar-refractivity contribution in [2.45, 2.75) is 52.9 Å². The Hall–Kier alpha value is -0.0400. The zero-order valence-electron chi connectivity index (χ0n) is 9.53. The summed E-state index contributed by atoms with van der Waals surface area (Å²) in [6.07, 6.45) is 7.05. The molecule has 0 amide bonds. The molecule has 0 aromatic carbocycles. The van der Waals surface area contributed by atoms with Gasteiger partial charge in [0.15, 0.2) is 0 Å². The maximum absolute atomic E-state index is 3.60. The summed E-state index contributed by atoms with van der Waals surface area (Å²) in [5.74, 6) is 0.847. The molecule has 1 fully saturated rings. The van der Waals surface area contributed by atoms with Crippen LogP contribution < -0.4 is 5.32 Å². The molecule has 0 spiro atoms. The molecule has 0 aliphatic heterocycles. The van der Waals surface area contributed by atoms with Crippen molar-refractivity contribution < 1.29 is 0 Å². The van der Waals surface area contributed by atoms with Gasteiger partial charge in [-0.3, -0.25) is 0 Å². The van der Waals surface area contributed by atoms with E-state index in [-0.39, 0.29) is 0 Å². The topological polar surface area (TPSA) is 12.0 Å². The zero-order valence-corrected chi connectivity index (χ0v) is 9.53. The van der Waals surface area contributed by atoms with Crippen LogP contribution in [-0.4, -0.2) is 13.1 Å². The summed E-state index contributed by atoms with van der Waals surface area (Å²) < 4.78 is 0. The van der Waals surface area contributed by atoms with Crippen molar-refractivity contribution in [3.8, 4) is 0 Å². The molecule has 1 aliphatic rings. The monoisotopic (exact) mass is 183 g/mol. The van der Waals surface area contributed by atoms with Crippen LogP contribution in [0, 0.1) is 11.3 Å². The molecule has 0 bridgehead atoms. The minimum absolute atomic E-state index is 0.634. The molecule has 78 valence electrons. The molecule has 0 saturated heterocycles. The summed E-state index contributed by atoms with van der Waals surface area (Å²) in [5.41, 5.74) is 0.634. The Kier molecular flexibility index (Phi) is 4.24. The van der Waals surface area contributed by atoms with E-state index in [0.29, 0.717) is 5.41 Å². The van der Waals surface area contributed by atoms with E-state index >= 15 is 0 Å². The Labute approximate surface area is 83.3 Å². The van der Waals surface area contributed by atoms with Gasteiger partial charge in [0.25, 0.3) is 0 Å². The summed E-state index contributed by atoms with van der Waals surface area (Å²) in [5, 5.41) is 3.60. The van der Waals surface area contributed by atoms with Crippen LogP contribution in [0.4, 0.5) is 0 Å². The second-order valence-electron chi connectivity index (χ2n) is 4.90. The minimum Gasteiger partial charge on any atom is -0.316 e. The van der Waals surface area contributed by atoms with Crippen LogP contribution in [0.3, 0.4) is 0 Å². The van der Waals surface area contributed by atoms with Crippen molar-refractivity contribution in [3.63, 3.8) is 0 Å². The number of hydrogen-bond donors (Lipinski definition) is 1. The largest absolute Gasteiger partial charge is 0.316 e. The van der Waals surface area contributed by atoms with Gasteiger partial charge in [0, 0.05) is 6.54 Å². The van der Waals surface area contributed by atoms with E-state index in [4.69, 9.17) is 0 Å². The Balaban J connectivity index is 2.38. The first kappa shape index (κ1) is 11.0. The van der Waals surface area contributed by atoms with Crippen LogP contribution in [0.5, 0.6) is 0 Å². The van der Waals surface area contributed by atoms with Crippen LogP contribution in [0.25, 0.3) is 0 Å². The molecule has 1 aliphatic carbocycles. The highest BCUT2D eigenvalue weighted by Crippen LogP contribution is 2.43. The van der Waals surface area contributed by atoms with Crippen LogP contribution in [0.15, 0.2) is 0 Å². The summed E-state index contributed by atoms with van der Waals surface area (Å²) in [6, 6.07) is 0. The highest BCUT2D eigenvalue weighted by atomic mass is 14.9. The van der Waals surface area contributed by atoms with Crippen LogP contribution >= 0.6 is 0 Å². The standard InChI is InChI=1S/C12H25N/c1-4-9-13-10-12(11(2)3)7-5-6-8-12/h11,13H,4-10H2,1-3H3. The van der Waals surface area contributed by atoms with Crippen LogP contribution in [0.1, 0.15) is 52.9 Å². The van der Waals surface area contributed by atoms with E-state index in [9.17, 15) is 0 Å². The van der Waals surface area contributed by atoms with Gasteiger partial charge >= 0.3 is 0 Å². The normalized spacial score (nSPS) is 21.2. The third kappa shape index (κ3) is 2.70. The predicted octanol–water partition coefficient (Wildman–Crippen LogP) is 3.20. The fourth-order valence-corrected chi connectivity index (χ4v) is 2.55. The third-order valence-corrected chi connectivity index (χ3v) is 3.73. The average Bonchev–Trinajstić information content (AvgIpc) is 2.55. The van der Waals surface area contributed by atoms with Gasteiger partial charge in [-0.15, -0.1) is 0 Å². The molecule has 0 radical (unpaired) electrons. The first-order valence-electron chi connectivity index (χ1n) is 5.92. The average molecular weight is 183 g/mol. The first-order chi connectivity index (χ1) is 6.21. The second kappa shape index (κ2) is 4.99. The lowest BCUT2D eigenvalue weighted by atomic mass is 9.75. The minimum atomic E-state index is 0.634. The van der Waals surface area contributed by atoms with Gasteiger partial charge in [-0.1, -0.05) is 33.6 Å². The lowest BCUT2D eigenvalue weighted by Gasteiger charge is -2.33. The molecular weight excluding hydrogens is 158 g/mol. The smallest absolute Gasteiger partial charge is 0.00103 e. The van der Waals surface area contributed by atoms with Crippen molar-refractivity contribution >= 4 is 0 Å². The van der Waals surface area contributed by atoms with Gasteiger partial charge in [-0.2, -0.15) is 0 Å². The van der Waals surface area contributed by atoms with Gasteiger partial charge in [0.2, 0.25) is 0 Å². The van der Waals surface area contributed by atoms with Crippen molar-refractivity contribution in [2.75, 3.05) is 13.1 Å². The Bertz CT molecular complexity index is 134. The third-order valence-electron chi connectivity index (χ3n) is 3.73. The Morgan fingerprint density at radius 1 is 1.23 bits per heavy atom. The second-order valence-corrected chi connectivity index (χ2v) is 4.90. The van der Waals surface area contributed by atoms with Crippen molar-refractivity contribution in [2.24, 2.45) is 11.3 Å². The molecule has 0 heterocycles. The lowest BCUT2D eigenvalue weighted by Crippen LogP contribution is -2.36. The van der Waals surface area contributed by atoms with Crippen molar-refractivity contribution in [1.82, 2.24) is 5.32 Å². The summed E-state index contributed by atoms with van der Waals surface area (Å²) in [4.78, 5) is 0. The van der Waals surface area contributed by atoms with Crippen molar-refractivity contribution in [3.05, 3.63) is 0 Å². The lowest BCUT2D eigenvalue weighted by molar-refractivity contribution is 0.189. The molecule has 0 atom stereocenters. The van der Waals surface area contributed by atoms with Crippen LogP contribution in [0.2, 0.25) is 0 Å². The Morgan fingerprint density at radius 2 is 1.85 bits per heavy atom. The van der Waals surface area contributed by atoms with Crippen LogP contribution in [-0.2, 0) is 0 Å². The number of nitrogens with one attached hydrogen (secondary N) is 1. The number of hydrogen-bond acceptors (Lipinski definition) is 1. The summed E-state index contributed by atoms with van der Waals surface area (Å²) >= 11 is 0. The molecule has 1 N–H and O–H groups in total. The maximum atomic E-state index is 3.60. The molecule has 1 heteroatoms. The highest BCUT2D eigenvalue weighted by Gasteiger charge is 2.35. The van der Waals surface area contributed by atoms with E-state index in [1.165, 1.54) is 45.2 Å². The van der Waals surface area contributed by atoms with E-state index in [1.807, 2.05) is 0 Å². The molecule has 1 nitrogen and oxygen atoms in total. The molecule has 13 heavy (non-hydrogen) atoms. The quantitative estimate of drug-likeness (QED) is 0.645. The highest BCUT2D eigenvalue weighted by molar-refractivity contribution is 4.88. The van der Waals surface area contributed by atoms with E-state index in [2.05, 4.69) is 26.1 Å². The molecule has 0 aromatic rings. The van der Waals surface area contributed by atoms with Gasteiger partial charge < -0.3 is 5.32 Å². The molecule has 1 saturated carbocycles. The summed E-state index contributed by atoms with van der Waals surface area (Å²) in [6.45, 7) is 9.45. The first-order valence-corrected chi connectivity index (χ1v) is 5.92. The predicted molar refractivity (Wildman–Crippen MR) is 58.9 cm³/mol. The molecular formula is C12H25N. The molecule has 0 unspecified atom stereocenters. The fraction of sp³-hybridized carbons (Fsp3) is 1.00. The molecule has 1 rings (SSSR count). The summed E-state index contributed by atoms with van der Waals surface area (Å²) in [7, 11) is 0. The van der Waals surface area contributed by atoms with E-state index in [1.54, 1.807) is 0 Å². The van der Waals surface area contributed by atoms with E-state index < -0.39 is 0 Å². The zero-order chi connectivity index (χ0) is 9.73. The Morgan fingerprint density at radius 3 is 2.31 bits per heavy atom. The SMILES string of the molecule is CCCNCC1(C(C)C)CCCC1. The van der Waals surface area contributed by atoms with E-state index in [0.717, 1.165) is 5.92 Å². The van der Waals surface area contributed by atoms with Gasteiger partial charge in [-0.25, -0.2) is 0 Å². The van der Waals surface area contributed by atoms with Crippen molar-refractivity contribution in [1.29, 1.82) is 0 Å². The van der Waals surface area contributed by atoms with Gasteiger partial charge in [-0.05, 0) is 37.1 Å².